The lowest BCUT2D eigenvalue weighted by atomic mass is 9.82. The Labute approximate surface area is 189 Å². The van der Waals surface area contributed by atoms with E-state index in [4.69, 9.17) is 4.74 Å². The highest BCUT2D eigenvalue weighted by molar-refractivity contribution is 6.02. The molecule has 5 heteroatoms. The summed E-state index contributed by atoms with van der Waals surface area (Å²) >= 11 is 0. The predicted molar refractivity (Wildman–Crippen MR) is 124 cm³/mol. The average molecular weight is 429 g/mol. The van der Waals surface area contributed by atoms with E-state index < -0.39 is 5.54 Å². The van der Waals surface area contributed by atoms with Crippen molar-refractivity contribution in [3.63, 3.8) is 0 Å². The van der Waals surface area contributed by atoms with Crippen LogP contribution in [-0.4, -0.2) is 29.4 Å². The van der Waals surface area contributed by atoms with Crippen LogP contribution in [0.2, 0.25) is 0 Å². The van der Waals surface area contributed by atoms with Crippen molar-refractivity contribution in [1.82, 2.24) is 10.2 Å². The summed E-state index contributed by atoms with van der Waals surface area (Å²) in [5.41, 5.74) is 3.67. The molecule has 5 nitrogen and oxygen atoms in total. The minimum absolute atomic E-state index is 0.115. The Balaban J connectivity index is 1.62. The fourth-order valence-corrected chi connectivity index (χ4v) is 4.28. The predicted octanol–water partition coefficient (Wildman–Crippen LogP) is 4.28. The Kier molecular flexibility index (Phi) is 5.99. The van der Waals surface area contributed by atoms with E-state index >= 15 is 0 Å². The Morgan fingerprint density at radius 3 is 2.50 bits per heavy atom. The van der Waals surface area contributed by atoms with Crippen LogP contribution in [0.15, 0.2) is 72.8 Å². The van der Waals surface area contributed by atoms with E-state index in [2.05, 4.69) is 11.4 Å². The summed E-state index contributed by atoms with van der Waals surface area (Å²) in [7, 11) is 1.62. The quantitative estimate of drug-likeness (QED) is 0.638. The minimum atomic E-state index is -0.998. The van der Waals surface area contributed by atoms with Crippen molar-refractivity contribution >= 4 is 11.8 Å². The number of nitrogens with zero attached hydrogens (tertiary/aromatic N) is 1. The summed E-state index contributed by atoms with van der Waals surface area (Å²) in [6, 6.07) is 23.2. The average Bonchev–Trinajstić information content (AvgIpc) is 2.80. The number of nitrogens with one attached hydrogen (secondary N) is 1. The van der Waals surface area contributed by atoms with E-state index in [1.165, 1.54) is 0 Å². The third-order valence-corrected chi connectivity index (χ3v) is 6.15. The van der Waals surface area contributed by atoms with Crippen LogP contribution in [0.4, 0.5) is 0 Å². The molecule has 0 unspecified atom stereocenters. The molecular formula is C27H28N2O3. The van der Waals surface area contributed by atoms with Crippen LogP contribution >= 0.6 is 0 Å². The van der Waals surface area contributed by atoms with Crippen molar-refractivity contribution in [2.45, 2.75) is 38.9 Å². The molecule has 0 bridgehead atoms. The van der Waals surface area contributed by atoms with Crippen LogP contribution in [0.5, 0.6) is 5.75 Å². The van der Waals surface area contributed by atoms with Crippen LogP contribution < -0.4 is 10.1 Å². The van der Waals surface area contributed by atoms with Gasteiger partial charge in [-0.3, -0.25) is 9.59 Å². The van der Waals surface area contributed by atoms with Gasteiger partial charge < -0.3 is 15.0 Å². The first-order valence-electron chi connectivity index (χ1n) is 10.8. The maximum atomic E-state index is 13.5. The SMILES string of the molecule is COc1ccc(CNC(=O)[C@@]2(C)Cc3ccccc3C(=O)N2Cc2cccc(C)c2)cc1. The number of ether oxygens (including phenoxy) is 1. The van der Waals surface area contributed by atoms with Crippen molar-refractivity contribution in [3.05, 3.63) is 101 Å². The number of hydrogen-bond acceptors (Lipinski definition) is 3. The molecule has 164 valence electrons. The number of hydrogen-bond donors (Lipinski definition) is 1. The van der Waals surface area contributed by atoms with E-state index in [0.717, 1.165) is 28.0 Å². The number of benzene rings is 3. The second kappa shape index (κ2) is 8.87. The number of amides is 2. The molecule has 0 radical (unpaired) electrons. The van der Waals surface area contributed by atoms with E-state index in [9.17, 15) is 9.59 Å². The first kappa shape index (κ1) is 21.6. The van der Waals surface area contributed by atoms with Crippen LogP contribution in [-0.2, 0) is 24.3 Å². The van der Waals surface area contributed by atoms with Crippen molar-refractivity contribution in [3.8, 4) is 5.75 Å². The monoisotopic (exact) mass is 428 g/mol. The van der Waals surface area contributed by atoms with Crippen LogP contribution in [0.3, 0.4) is 0 Å². The molecule has 1 atom stereocenters. The van der Waals surface area contributed by atoms with Gasteiger partial charge in [0.1, 0.15) is 11.3 Å². The van der Waals surface area contributed by atoms with Crippen molar-refractivity contribution in [2.75, 3.05) is 7.11 Å². The number of aryl methyl sites for hydroxylation is 1. The molecule has 3 aromatic rings. The summed E-state index contributed by atoms with van der Waals surface area (Å²) in [5, 5.41) is 3.05. The minimum Gasteiger partial charge on any atom is -0.497 e. The normalized spacial score (nSPS) is 17.6. The number of methoxy groups -OCH3 is 1. The molecule has 1 N–H and O–H groups in total. The molecular weight excluding hydrogens is 400 g/mol. The van der Waals surface area contributed by atoms with Gasteiger partial charge in [-0.05, 0) is 48.7 Å². The molecule has 4 rings (SSSR count). The van der Waals surface area contributed by atoms with Crippen LogP contribution in [0, 0.1) is 6.92 Å². The van der Waals surface area contributed by atoms with E-state index in [-0.39, 0.29) is 11.8 Å². The molecule has 2 amide bonds. The lowest BCUT2D eigenvalue weighted by Crippen LogP contribution is -2.62. The maximum Gasteiger partial charge on any atom is 0.255 e. The second-order valence-electron chi connectivity index (χ2n) is 8.52. The van der Waals surface area contributed by atoms with E-state index in [0.29, 0.717) is 25.1 Å². The van der Waals surface area contributed by atoms with Gasteiger partial charge in [0.15, 0.2) is 0 Å². The second-order valence-corrected chi connectivity index (χ2v) is 8.52. The standard InChI is InChI=1S/C27H28N2O3/c1-19-7-6-8-21(15-19)18-29-25(30)24-10-5-4-9-22(24)16-27(29,2)26(31)28-17-20-11-13-23(32-3)14-12-20/h4-15H,16-18H2,1-3H3,(H,28,31)/t27-/m1/s1. The topological polar surface area (TPSA) is 58.6 Å². The fraction of sp³-hybridized carbons (Fsp3) is 0.259. The number of carbonyl (C=O) groups is 2. The summed E-state index contributed by atoms with van der Waals surface area (Å²) in [4.78, 5) is 28.7. The summed E-state index contributed by atoms with van der Waals surface area (Å²) in [6.45, 7) is 4.64. The zero-order valence-corrected chi connectivity index (χ0v) is 18.7. The molecule has 0 saturated heterocycles. The zero-order chi connectivity index (χ0) is 22.7. The third kappa shape index (κ3) is 4.24. The smallest absolute Gasteiger partial charge is 0.255 e. The lowest BCUT2D eigenvalue weighted by molar-refractivity contribution is -0.132. The molecule has 0 fully saturated rings. The van der Waals surface area contributed by atoms with Gasteiger partial charge >= 0.3 is 0 Å². The van der Waals surface area contributed by atoms with Gasteiger partial charge in [-0.15, -0.1) is 0 Å². The largest absolute Gasteiger partial charge is 0.497 e. The van der Waals surface area contributed by atoms with Crippen molar-refractivity contribution in [2.24, 2.45) is 0 Å². The van der Waals surface area contributed by atoms with Gasteiger partial charge in [-0.1, -0.05) is 60.2 Å². The Morgan fingerprint density at radius 1 is 1.03 bits per heavy atom. The molecule has 3 aromatic carbocycles. The summed E-state index contributed by atoms with van der Waals surface area (Å²) in [6.07, 6.45) is 0.467. The van der Waals surface area contributed by atoms with Gasteiger partial charge in [0, 0.05) is 25.1 Å². The van der Waals surface area contributed by atoms with Gasteiger partial charge in [-0.2, -0.15) is 0 Å². The first-order valence-corrected chi connectivity index (χ1v) is 10.8. The molecule has 32 heavy (non-hydrogen) atoms. The molecule has 1 heterocycles. The van der Waals surface area contributed by atoms with Crippen molar-refractivity contribution in [1.29, 1.82) is 0 Å². The van der Waals surface area contributed by atoms with Crippen LogP contribution in [0.1, 0.15) is 39.5 Å². The number of fused-ring (bicyclic) bond motifs is 1. The van der Waals surface area contributed by atoms with Gasteiger partial charge in [-0.25, -0.2) is 0 Å². The Bertz CT molecular complexity index is 1140. The van der Waals surface area contributed by atoms with E-state index in [1.807, 2.05) is 80.6 Å². The molecule has 0 aliphatic carbocycles. The van der Waals surface area contributed by atoms with E-state index in [1.54, 1.807) is 12.0 Å². The van der Waals surface area contributed by atoms with Gasteiger partial charge in [0.25, 0.3) is 5.91 Å². The highest BCUT2D eigenvalue weighted by atomic mass is 16.5. The van der Waals surface area contributed by atoms with Gasteiger partial charge in [0.2, 0.25) is 5.91 Å². The molecule has 1 aliphatic rings. The number of carbonyl (C=O) groups excluding carboxylic acids is 2. The Morgan fingerprint density at radius 2 is 1.78 bits per heavy atom. The fourth-order valence-electron chi connectivity index (χ4n) is 4.28. The zero-order valence-electron chi connectivity index (χ0n) is 18.7. The number of rotatable bonds is 6. The molecule has 0 aromatic heterocycles. The van der Waals surface area contributed by atoms with Crippen LogP contribution in [0.25, 0.3) is 0 Å². The summed E-state index contributed by atoms with van der Waals surface area (Å²) in [5.74, 6) is 0.491. The highest BCUT2D eigenvalue weighted by Crippen LogP contribution is 2.33. The molecule has 0 saturated carbocycles. The Hall–Kier alpha value is -3.60. The first-order chi connectivity index (χ1) is 15.4. The maximum absolute atomic E-state index is 13.5. The third-order valence-electron chi connectivity index (χ3n) is 6.15. The van der Waals surface area contributed by atoms with Gasteiger partial charge in [0.05, 0.1) is 7.11 Å². The highest BCUT2D eigenvalue weighted by Gasteiger charge is 2.46. The summed E-state index contributed by atoms with van der Waals surface area (Å²) < 4.78 is 5.20. The van der Waals surface area contributed by atoms with Crippen molar-refractivity contribution < 1.29 is 14.3 Å². The molecule has 0 spiro atoms. The lowest BCUT2D eigenvalue weighted by Gasteiger charge is -2.44. The molecule has 1 aliphatic heterocycles.